The van der Waals surface area contributed by atoms with E-state index in [0.717, 1.165) is 17.0 Å². The van der Waals surface area contributed by atoms with Crippen LogP contribution in [0.3, 0.4) is 0 Å². The number of likely N-dealkylation sites (tertiary alicyclic amines) is 1. The number of urea groups is 1. The van der Waals surface area contributed by atoms with Gasteiger partial charge < -0.3 is 25.2 Å². The number of carbonyl (C=O) groups excluding carboxylic acids is 3. The number of methoxy groups -OCH3 is 1. The second-order valence-electron chi connectivity index (χ2n) is 9.61. The smallest absolute Gasteiger partial charge is 0.322 e. The number of aryl methyl sites for hydroxylation is 1. The number of anilines is 3. The first kappa shape index (κ1) is 25.6. The second kappa shape index (κ2) is 10.0. The van der Waals surface area contributed by atoms with E-state index in [1.807, 2.05) is 23.1 Å². The molecule has 12 nitrogen and oxygen atoms in total. The van der Waals surface area contributed by atoms with Crippen molar-refractivity contribution >= 4 is 45.1 Å². The molecule has 0 aromatic heterocycles. The number of hydrogen-bond donors (Lipinski definition) is 4. The van der Waals surface area contributed by atoms with Gasteiger partial charge in [0.1, 0.15) is 5.75 Å². The third-order valence-corrected chi connectivity index (χ3v) is 8.14. The maximum Gasteiger partial charge on any atom is 0.322 e. The lowest BCUT2D eigenvalue weighted by Gasteiger charge is -2.38. The van der Waals surface area contributed by atoms with Gasteiger partial charge in [0.25, 0.3) is 5.91 Å². The first-order chi connectivity index (χ1) is 18.1. The SMILES string of the molecule is COc1ccc2c(c1)CCN(C1CCN(C(=O)CNC(=O)c3cc(C)c4c(c3)NS(=O)(=O)N4)CC1)C(=O)N2. The Kier molecular flexibility index (Phi) is 6.78. The summed E-state index contributed by atoms with van der Waals surface area (Å²) in [5.41, 5.74) is 3.36. The van der Waals surface area contributed by atoms with Gasteiger partial charge in [-0.2, -0.15) is 8.42 Å². The van der Waals surface area contributed by atoms with Crippen LogP contribution < -0.4 is 24.8 Å². The maximum absolute atomic E-state index is 12.9. The summed E-state index contributed by atoms with van der Waals surface area (Å²) in [5, 5.41) is 5.62. The molecule has 13 heteroatoms. The normalized spacial score (nSPS) is 18.3. The van der Waals surface area contributed by atoms with Crippen molar-refractivity contribution in [3.05, 3.63) is 47.0 Å². The Bertz CT molecular complexity index is 1400. The van der Waals surface area contributed by atoms with Gasteiger partial charge in [0, 0.05) is 36.9 Å². The molecule has 0 atom stereocenters. The van der Waals surface area contributed by atoms with Crippen molar-refractivity contribution in [3.8, 4) is 5.75 Å². The molecule has 202 valence electrons. The molecule has 3 heterocycles. The largest absolute Gasteiger partial charge is 0.497 e. The fraction of sp³-hybridized carbons (Fsp3) is 0.400. The zero-order chi connectivity index (χ0) is 27.0. The van der Waals surface area contributed by atoms with Gasteiger partial charge in [0.15, 0.2) is 0 Å². The van der Waals surface area contributed by atoms with Crippen LogP contribution >= 0.6 is 0 Å². The van der Waals surface area contributed by atoms with Crippen LogP contribution in [0.4, 0.5) is 21.9 Å². The lowest BCUT2D eigenvalue weighted by atomic mass is 10.0. The molecule has 0 unspecified atom stereocenters. The molecule has 3 aliphatic rings. The van der Waals surface area contributed by atoms with Crippen LogP contribution in [0.25, 0.3) is 0 Å². The number of nitrogens with one attached hydrogen (secondary N) is 4. The molecule has 38 heavy (non-hydrogen) atoms. The van der Waals surface area contributed by atoms with E-state index in [1.165, 1.54) is 6.07 Å². The van der Waals surface area contributed by atoms with Gasteiger partial charge in [0.2, 0.25) is 5.91 Å². The molecule has 0 saturated carbocycles. The van der Waals surface area contributed by atoms with E-state index in [1.54, 1.807) is 25.0 Å². The first-order valence-electron chi connectivity index (χ1n) is 12.4. The van der Waals surface area contributed by atoms with Crippen molar-refractivity contribution in [3.63, 3.8) is 0 Å². The number of amides is 4. The third-order valence-electron chi connectivity index (χ3n) is 7.17. The molecule has 2 aromatic carbocycles. The van der Waals surface area contributed by atoms with Crippen molar-refractivity contribution in [2.75, 3.05) is 48.0 Å². The average molecular weight is 543 g/mol. The predicted molar refractivity (Wildman–Crippen MR) is 142 cm³/mol. The Balaban J connectivity index is 1.13. The Morgan fingerprint density at radius 2 is 1.84 bits per heavy atom. The van der Waals surface area contributed by atoms with E-state index >= 15 is 0 Å². The summed E-state index contributed by atoms with van der Waals surface area (Å²) in [4.78, 5) is 41.9. The predicted octanol–water partition coefficient (Wildman–Crippen LogP) is 1.90. The molecule has 3 aliphatic heterocycles. The standard InChI is InChI=1S/C25H30N6O6S/c1-15-11-17(13-21-23(15)29-38(35,36)28-21)24(33)26-14-22(32)30-8-6-18(7-9-30)31-10-5-16-12-19(37-2)3-4-20(16)27-25(31)34/h3-4,11-13,18,28-29H,5-10,14H2,1-2H3,(H,26,33)(H,27,34). The number of ether oxygens (including phenoxy) is 1. The molecule has 4 N–H and O–H groups in total. The van der Waals surface area contributed by atoms with E-state index in [4.69, 9.17) is 4.74 Å². The Hall–Kier alpha value is -4.00. The summed E-state index contributed by atoms with van der Waals surface area (Å²) >= 11 is 0. The van der Waals surface area contributed by atoms with E-state index in [2.05, 4.69) is 20.1 Å². The lowest BCUT2D eigenvalue weighted by Crippen LogP contribution is -2.51. The van der Waals surface area contributed by atoms with Crippen LogP contribution in [0, 0.1) is 6.92 Å². The van der Waals surface area contributed by atoms with Crippen LogP contribution in [-0.2, 0) is 21.4 Å². The highest BCUT2D eigenvalue weighted by atomic mass is 32.2. The highest BCUT2D eigenvalue weighted by Gasteiger charge is 2.32. The van der Waals surface area contributed by atoms with Crippen LogP contribution in [0.1, 0.15) is 34.3 Å². The second-order valence-corrected chi connectivity index (χ2v) is 11.0. The van der Waals surface area contributed by atoms with Gasteiger partial charge >= 0.3 is 16.2 Å². The fourth-order valence-electron chi connectivity index (χ4n) is 5.14. The zero-order valence-corrected chi connectivity index (χ0v) is 22.0. The van der Waals surface area contributed by atoms with Crippen LogP contribution in [-0.4, -0.2) is 75.4 Å². The summed E-state index contributed by atoms with van der Waals surface area (Å²) in [6, 6.07) is 8.48. The van der Waals surface area contributed by atoms with E-state index < -0.39 is 16.1 Å². The van der Waals surface area contributed by atoms with E-state index in [-0.39, 0.29) is 30.1 Å². The Morgan fingerprint density at radius 3 is 2.58 bits per heavy atom. The summed E-state index contributed by atoms with van der Waals surface area (Å²) in [5.74, 6) is 0.0674. The van der Waals surface area contributed by atoms with Crippen molar-refractivity contribution in [1.82, 2.24) is 15.1 Å². The van der Waals surface area contributed by atoms with Crippen molar-refractivity contribution in [1.29, 1.82) is 0 Å². The minimum absolute atomic E-state index is 0.0108. The molecular formula is C25H30N6O6S. The Labute approximate surface area is 220 Å². The fourth-order valence-corrected chi connectivity index (χ4v) is 6.18. The molecule has 5 rings (SSSR count). The van der Waals surface area contributed by atoms with Gasteiger partial charge in [-0.15, -0.1) is 0 Å². The van der Waals surface area contributed by atoms with Crippen LogP contribution in [0.15, 0.2) is 30.3 Å². The summed E-state index contributed by atoms with van der Waals surface area (Å²) < 4.78 is 33.5. The highest BCUT2D eigenvalue weighted by Crippen LogP contribution is 2.34. The lowest BCUT2D eigenvalue weighted by molar-refractivity contribution is -0.131. The number of benzene rings is 2. The zero-order valence-electron chi connectivity index (χ0n) is 21.2. The maximum atomic E-state index is 12.9. The first-order valence-corrected chi connectivity index (χ1v) is 13.9. The van der Waals surface area contributed by atoms with Gasteiger partial charge in [-0.3, -0.25) is 19.0 Å². The van der Waals surface area contributed by atoms with Gasteiger partial charge in [-0.05, 0) is 67.6 Å². The quantitative estimate of drug-likeness (QED) is 0.453. The van der Waals surface area contributed by atoms with Gasteiger partial charge in [-0.25, -0.2) is 4.79 Å². The molecule has 1 saturated heterocycles. The molecule has 0 radical (unpaired) electrons. The van der Waals surface area contributed by atoms with E-state index in [9.17, 15) is 22.8 Å². The number of hydrogen-bond acceptors (Lipinski definition) is 6. The number of rotatable bonds is 5. The molecule has 4 amide bonds. The summed E-state index contributed by atoms with van der Waals surface area (Å²) in [6.45, 7) is 3.06. The average Bonchev–Trinajstić information content (AvgIpc) is 3.12. The third kappa shape index (κ3) is 5.19. The van der Waals surface area contributed by atoms with Crippen molar-refractivity contribution in [2.24, 2.45) is 0 Å². The van der Waals surface area contributed by atoms with Crippen molar-refractivity contribution in [2.45, 2.75) is 32.2 Å². The minimum Gasteiger partial charge on any atom is -0.497 e. The van der Waals surface area contributed by atoms with E-state index in [0.29, 0.717) is 55.8 Å². The van der Waals surface area contributed by atoms with Gasteiger partial charge in [0.05, 0.1) is 25.0 Å². The van der Waals surface area contributed by atoms with Crippen LogP contribution in [0.5, 0.6) is 5.75 Å². The number of carbonyl (C=O) groups is 3. The van der Waals surface area contributed by atoms with Crippen LogP contribution in [0.2, 0.25) is 0 Å². The Morgan fingerprint density at radius 1 is 1.08 bits per heavy atom. The number of fused-ring (bicyclic) bond motifs is 2. The summed E-state index contributed by atoms with van der Waals surface area (Å²) in [7, 11) is -2.06. The van der Waals surface area contributed by atoms with Gasteiger partial charge in [-0.1, -0.05) is 0 Å². The molecule has 0 spiro atoms. The summed E-state index contributed by atoms with van der Waals surface area (Å²) in [6.07, 6.45) is 1.99. The highest BCUT2D eigenvalue weighted by molar-refractivity contribution is 7.94. The molecule has 1 fully saturated rings. The van der Waals surface area contributed by atoms with Crippen molar-refractivity contribution < 1.29 is 27.5 Å². The molecular weight excluding hydrogens is 512 g/mol. The minimum atomic E-state index is -3.67. The monoisotopic (exact) mass is 542 g/mol. The molecule has 2 aromatic rings. The molecule has 0 aliphatic carbocycles. The number of nitrogens with zero attached hydrogens (tertiary/aromatic N) is 2. The molecule has 0 bridgehead atoms. The number of piperidine rings is 1. The topological polar surface area (TPSA) is 149 Å².